The number of nitrogens with zero attached hydrogens (tertiary/aromatic N) is 1. The first-order valence-corrected chi connectivity index (χ1v) is 8.05. The molecule has 3 rings (SSSR count). The molecule has 0 saturated heterocycles. The van der Waals surface area contributed by atoms with Crippen LogP contribution in [0.5, 0.6) is 0 Å². The summed E-state index contributed by atoms with van der Waals surface area (Å²) < 4.78 is 2.17. The molecular formula is C18H18N2OS. The molecule has 1 amide bonds. The third-order valence-corrected chi connectivity index (χ3v) is 4.87. The molecule has 0 saturated carbocycles. The lowest BCUT2D eigenvalue weighted by molar-refractivity contribution is 0.1000. The number of benzene rings is 1. The van der Waals surface area contributed by atoms with Crippen LogP contribution in [0.4, 0.5) is 0 Å². The van der Waals surface area contributed by atoms with Gasteiger partial charge in [-0.2, -0.15) is 0 Å². The van der Waals surface area contributed by atoms with Crippen molar-refractivity contribution in [1.82, 2.24) is 4.57 Å². The van der Waals surface area contributed by atoms with Crippen LogP contribution in [0, 0.1) is 13.8 Å². The lowest BCUT2D eigenvalue weighted by atomic mass is 10.1. The van der Waals surface area contributed by atoms with Crippen molar-refractivity contribution in [3.05, 3.63) is 70.4 Å². The molecule has 0 radical (unpaired) electrons. The molecule has 3 aromatic rings. The van der Waals surface area contributed by atoms with E-state index in [1.54, 1.807) is 11.3 Å². The molecule has 0 fully saturated rings. The number of rotatable bonds is 4. The van der Waals surface area contributed by atoms with Crippen molar-refractivity contribution < 1.29 is 4.79 Å². The van der Waals surface area contributed by atoms with Crippen LogP contribution in [-0.4, -0.2) is 10.5 Å². The van der Waals surface area contributed by atoms with Gasteiger partial charge in [0.25, 0.3) is 5.91 Å². The van der Waals surface area contributed by atoms with Gasteiger partial charge >= 0.3 is 0 Å². The minimum Gasteiger partial charge on any atom is -0.366 e. The summed E-state index contributed by atoms with van der Waals surface area (Å²) in [6, 6.07) is 14.3. The largest absolute Gasteiger partial charge is 0.366 e. The maximum absolute atomic E-state index is 12.0. The molecular weight excluding hydrogens is 292 g/mol. The molecule has 0 bridgehead atoms. The SMILES string of the molecule is Cc1c(C(N)=O)c(-c2cccs2)c(C)n1Cc1ccccc1. The maximum Gasteiger partial charge on any atom is 0.251 e. The fraction of sp³-hybridized carbons (Fsp3) is 0.167. The van der Waals surface area contributed by atoms with E-state index in [1.807, 2.05) is 42.6 Å². The number of carbonyl (C=O) groups is 1. The Morgan fingerprint density at radius 3 is 2.41 bits per heavy atom. The molecule has 3 nitrogen and oxygen atoms in total. The van der Waals surface area contributed by atoms with Gasteiger partial charge in [0.15, 0.2) is 0 Å². The number of thiophene rings is 1. The van der Waals surface area contributed by atoms with Gasteiger partial charge in [0.1, 0.15) is 0 Å². The molecule has 112 valence electrons. The summed E-state index contributed by atoms with van der Waals surface area (Å²) in [5, 5.41) is 2.02. The minimum atomic E-state index is -0.365. The van der Waals surface area contributed by atoms with Crippen molar-refractivity contribution in [3.63, 3.8) is 0 Å². The minimum absolute atomic E-state index is 0.365. The smallest absolute Gasteiger partial charge is 0.251 e. The van der Waals surface area contributed by atoms with Gasteiger partial charge in [-0.3, -0.25) is 4.79 Å². The zero-order chi connectivity index (χ0) is 15.7. The average Bonchev–Trinajstić information content (AvgIpc) is 3.10. The fourth-order valence-corrected chi connectivity index (χ4v) is 3.74. The maximum atomic E-state index is 12.0. The third kappa shape index (κ3) is 2.46. The van der Waals surface area contributed by atoms with Crippen molar-refractivity contribution >= 4 is 17.2 Å². The van der Waals surface area contributed by atoms with Crippen molar-refractivity contribution in [3.8, 4) is 10.4 Å². The second-order valence-electron chi connectivity index (χ2n) is 5.33. The Balaban J connectivity index is 2.16. The van der Waals surface area contributed by atoms with Crippen LogP contribution in [0.15, 0.2) is 47.8 Å². The lowest BCUT2D eigenvalue weighted by Gasteiger charge is -2.09. The van der Waals surface area contributed by atoms with Gasteiger partial charge in [-0.15, -0.1) is 11.3 Å². The second kappa shape index (κ2) is 5.81. The standard InChI is InChI=1S/C18H18N2OS/c1-12-16(15-9-6-10-22-15)17(18(19)21)13(2)20(12)11-14-7-4-3-5-8-14/h3-10H,11H2,1-2H3,(H2,19,21). The first kappa shape index (κ1) is 14.6. The van der Waals surface area contributed by atoms with E-state index in [4.69, 9.17) is 5.73 Å². The van der Waals surface area contributed by atoms with E-state index < -0.39 is 0 Å². The Bertz CT molecular complexity index is 801. The van der Waals surface area contributed by atoms with Crippen LogP contribution in [-0.2, 0) is 6.54 Å². The van der Waals surface area contributed by atoms with Crippen molar-refractivity contribution in [2.45, 2.75) is 20.4 Å². The van der Waals surface area contributed by atoms with Gasteiger partial charge in [0.05, 0.1) is 5.56 Å². The number of amides is 1. The predicted molar refractivity (Wildman–Crippen MR) is 91.3 cm³/mol. The Hall–Kier alpha value is -2.33. The normalized spacial score (nSPS) is 10.8. The highest BCUT2D eigenvalue weighted by Crippen LogP contribution is 2.35. The number of nitrogens with two attached hydrogens (primary N) is 1. The second-order valence-corrected chi connectivity index (χ2v) is 6.28. The molecule has 0 aliphatic heterocycles. The van der Waals surface area contributed by atoms with Crippen LogP contribution < -0.4 is 5.73 Å². The number of aromatic nitrogens is 1. The molecule has 1 aromatic carbocycles. The third-order valence-electron chi connectivity index (χ3n) is 3.98. The molecule has 0 spiro atoms. The summed E-state index contributed by atoms with van der Waals surface area (Å²) in [6.07, 6.45) is 0. The molecule has 2 aromatic heterocycles. The van der Waals surface area contributed by atoms with Gasteiger partial charge in [-0.05, 0) is 30.9 Å². The molecule has 2 heterocycles. The first-order chi connectivity index (χ1) is 10.6. The van der Waals surface area contributed by atoms with Gasteiger partial charge in [-0.1, -0.05) is 36.4 Å². The summed E-state index contributed by atoms with van der Waals surface area (Å²) in [7, 11) is 0. The molecule has 0 aliphatic rings. The van der Waals surface area contributed by atoms with E-state index in [1.165, 1.54) is 5.56 Å². The van der Waals surface area contributed by atoms with Gasteiger partial charge < -0.3 is 10.3 Å². The summed E-state index contributed by atoms with van der Waals surface area (Å²) in [4.78, 5) is 13.1. The average molecular weight is 310 g/mol. The van der Waals surface area contributed by atoms with Gasteiger partial charge in [-0.25, -0.2) is 0 Å². The Morgan fingerprint density at radius 2 is 1.82 bits per heavy atom. The van der Waals surface area contributed by atoms with Crippen molar-refractivity contribution in [2.24, 2.45) is 5.73 Å². The van der Waals surface area contributed by atoms with Crippen molar-refractivity contribution in [2.75, 3.05) is 0 Å². The van der Waals surface area contributed by atoms with E-state index >= 15 is 0 Å². The Kier molecular flexibility index (Phi) is 3.86. The van der Waals surface area contributed by atoms with E-state index in [9.17, 15) is 4.79 Å². The quantitative estimate of drug-likeness (QED) is 0.778. The summed E-state index contributed by atoms with van der Waals surface area (Å²) in [5.74, 6) is -0.365. The summed E-state index contributed by atoms with van der Waals surface area (Å²) in [5.41, 5.74) is 10.5. The molecule has 22 heavy (non-hydrogen) atoms. The van der Waals surface area contributed by atoms with Crippen LogP contribution in [0.25, 0.3) is 10.4 Å². The monoisotopic (exact) mass is 310 g/mol. The number of hydrogen-bond acceptors (Lipinski definition) is 2. The highest BCUT2D eigenvalue weighted by atomic mass is 32.1. The van der Waals surface area contributed by atoms with E-state index in [0.717, 1.165) is 28.4 Å². The highest BCUT2D eigenvalue weighted by Gasteiger charge is 2.23. The van der Waals surface area contributed by atoms with Crippen LogP contribution >= 0.6 is 11.3 Å². The topological polar surface area (TPSA) is 48.0 Å². The number of hydrogen-bond donors (Lipinski definition) is 1. The van der Waals surface area contributed by atoms with Crippen molar-refractivity contribution in [1.29, 1.82) is 0 Å². The molecule has 0 atom stereocenters. The van der Waals surface area contributed by atoms with Crippen LogP contribution in [0.2, 0.25) is 0 Å². The van der Waals surface area contributed by atoms with Crippen LogP contribution in [0.3, 0.4) is 0 Å². The number of primary amides is 1. The first-order valence-electron chi connectivity index (χ1n) is 7.17. The zero-order valence-corrected chi connectivity index (χ0v) is 13.5. The summed E-state index contributed by atoms with van der Waals surface area (Å²) in [6.45, 7) is 4.76. The fourth-order valence-electron chi connectivity index (χ4n) is 2.91. The molecule has 2 N–H and O–H groups in total. The van der Waals surface area contributed by atoms with E-state index in [2.05, 4.69) is 23.6 Å². The predicted octanol–water partition coefficient (Wildman–Crippen LogP) is 3.98. The van der Waals surface area contributed by atoms with Gasteiger partial charge in [0, 0.05) is 28.4 Å². The van der Waals surface area contributed by atoms with Crippen LogP contribution in [0.1, 0.15) is 27.3 Å². The zero-order valence-electron chi connectivity index (χ0n) is 12.7. The lowest BCUT2D eigenvalue weighted by Crippen LogP contribution is -2.13. The molecule has 0 aliphatic carbocycles. The van der Waals surface area contributed by atoms with Gasteiger partial charge in [0.2, 0.25) is 0 Å². The molecule has 0 unspecified atom stereocenters. The van der Waals surface area contributed by atoms with E-state index in [-0.39, 0.29) is 5.91 Å². The highest BCUT2D eigenvalue weighted by molar-refractivity contribution is 7.13. The Morgan fingerprint density at radius 1 is 1.09 bits per heavy atom. The summed E-state index contributed by atoms with van der Waals surface area (Å²) >= 11 is 1.63. The van der Waals surface area contributed by atoms with E-state index in [0.29, 0.717) is 5.56 Å². The number of carbonyl (C=O) groups excluding carboxylic acids is 1. The molecule has 4 heteroatoms. The Labute approximate surface area is 134 Å².